The van der Waals surface area contributed by atoms with Crippen molar-refractivity contribution in [3.05, 3.63) is 59.4 Å². The third-order valence-corrected chi connectivity index (χ3v) is 5.17. The Morgan fingerprint density at radius 1 is 1.15 bits per heavy atom. The van der Waals surface area contributed by atoms with Gasteiger partial charge in [0.2, 0.25) is 0 Å². The summed E-state index contributed by atoms with van der Waals surface area (Å²) in [5.74, 6) is 0.976. The third-order valence-electron chi connectivity index (χ3n) is 5.17. The SMILES string of the molecule is CCN(CC)CCc1nc2cc(NC(=O)c3ccccc3C)ccc2n1C. The van der Waals surface area contributed by atoms with Crippen molar-refractivity contribution in [3.8, 4) is 0 Å². The molecule has 2 aromatic carbocycles. The number of carbonyl (C=O) groups is 1. The van der Waals surface area contributed by atoms with Crippen molar-refractivity contribution in [2.75, 3.05) is 25.0 Å². The summed E-state index contributed by atoms with van der Waals surface area (Å²) in [5.41, 5.74) is 4.42. The molecule has 0 spiro atoms. The van der Waals surface area contributed by atoms with Gasteiger partial charge in [-0.1, -0.05) is 32.0 Å². The Balaban J connectivity index is 1.79. The molecule has 0 aliphatic rings. The van der Waals surface area contributed by atoms with Crippen LogP contribution in [0.2, 0.25) is 0 Å². The predicted molar refractivity (Wildman–Crippen MR) is 111 cm³/mol. The van der Waals surface area contributed by atoms with Crippen LogP contribution >= 0.6 is 0 Å². The van der Waals surface area contributed by atoms with Crippen molar-refractivity contribution in [1.82, 2.24) is 14.5 Å². The average molecular weight is 364 g/mol. The van der Waals surface area contributed by atoms with E-state index >= 15 is 0 Å². The molecule has 3 rings (SSSR count). The number of nitrogens with zero attached hydrogens (tertiary/aromatic N) is 3. The fraction of sp³-hybridized carbons (Fsp3) is 0.364. The van der Waals surface area contributed by atoms with Crippen molar-refractivity contribution >= 4 is 22.6 Å². The summed E-state index contributed by atoms with van der Waals surface area (Å²) in [4.78, 5) is 19.7. The molecule has 0 bridgehead atoms. The summed E-state index contributed by atoms with van der Waals surface area (Å²) in [6.07, 6.45) is 0.914. The molecule has 27 heavy (non-hydrogen) atoms. The standard InChI is InChI=1S/C22H28N4O/c1-5-26(6-2)14-13-21-24-19-15-17(11-12-20(19)25(21)4)23-22(27)18-10-8-7-9-16(18)3/h7-12,15H,5-6,13-14H2,1-4H3,(H,23,27). The highest BCUT2D eigenvalue weighted by molar-refractivity contribution is 6.05. The molecule has 0 fully saturated rings. The minimum atomic E-state index is -0.0925. The molecule has 0 radical (unpaired) electrons. The Bertz CT molecular complexity index is 941. The Labute approximate surface area is 161 Å². The van der Waals surface area contributed by atoms with Crippen molar-refractivity contribution in [1.29, 1.82) is 0 Å². The normalized spacial score (nSPS) is 11.3. The van der Waals surface area contributed by atoms with Crippen LogP contribution in [-0.4, -0.2) is 40.0 Å². The highest BCUT2D eigenvalue weighted by Gasteiger charge is 2.12. The fourth-order valence-electron chi connectivity index (χ4n) is 3.38. The second-order valence-electron chi connectivity index (χ2n) is 6.84. The number of hydrogen-bond acceptors (Lipinski definition) is 3. The Morgan fingerprint density at radius 3 is 2.59 bits per heavy atom. The molecule has 0 unspecified atom stereocenters. The van der Waals surface area contributed by atoms with Gasteiger partial charge in [0.15, 0.2) is 0 Å². The first-order valence-electron chi connectivity index (χ1n) is 9.58. The largest absolute Gasteiger partial charge is 0.331 e. The van der Waals surface area contributed by atoms with Crippen molar-refractivity contribution in [2.45, 2.75) is 27.2 Å². The van der Waals surface area contributed by atoms with Crippen LogP contribution in [0.25, 0.3) is 11.0 Å². The van der Waals surface area contributed by atoms with Crippen LogP contribution in [0.1, 0.15) is 35.6 Å². The van der Waals surface area contributed by atoms with Gasteiger partial charge in [-0.15, -0.1) is 0 Å². The molecule has 0 aliphatic heterocycles. The first kappa shape index (κ1) is 19.1. The average Bonchev–Trinajstić information content (AvgIpc) is 2.98. The lowest BCUT2D eigenvalue weighted by molar-refractivity contribution is 0.102. The number of aromatic nitrogens is 2. The Kier molecular flexibility index (Phi) is 5.91. The molecule has 0 aliphatic carbocycles. The van der Waals surface area contributed by atoms with E-state index in [0.29, 0.717) is 5.56 Å². The van der Waals surface area contributed by atoms with Crippen LogP contribution in [0.3, 0.4) is 0 Å². The molecule has 1 heterocycles. The number of fused-ring (bicyclic) bond motifs is 1. The van der Waals surface area contributed by atoms with E-state index in [0.717, 1.165) is 54.2 Å². The zero-order chi connectivity index (χ0) is 19.4. The number of amides is 1. The molecule has 1 aromatic heterocycles. The first-order chi connectivity index (χ1) is 13.0. The van der Waals surface area contributed by atoms with Gasteiger partial charge in [0.25, 0.3) is 5.91 Å². The second-order valence-corrected chi connectivity index (χ2v) is 6.84. The van der Waals surface area contributed by atoms with Crippen molar-refractivity contribution < 1.29 is 4.79 Å². The van der Waals surface area contributed by atoms with Crippen LogP contribution in [0.4, 0.5) is 5.69 Å². The minimum absolute atomic E-state index is 0.0925. The maximum atomic E-state index is 12.5. The molecule has 1 N–H and O–H groups in total. The van der Waals surface area contributed by atoms with E-state index < -0.39 is 0 Å². The van der Waals surface area contributed by atoms with Gasteiger partial charge < -0.3 is 14.8 Å². The summed E-state index contributed by atoms with van der Waals surface area (Å²) in [6.45, 7) is 9.41. The summed E-state index contributed by atoms with van der Waals surface area (Å²) in [5, 5.41) is 2.99. The van der Waals surface area contributed by atoms with E-state index in [2.05, 4.69) is 35.7 Å². The highest BCUT2D eigenvalue weighted by atomic mass is 16.1. The molecule has 0 saturated carbocycles. The summed E-state index contributed by atoms with van der Waals surface area (Å²) in [6, 6.07) is 13.5. The van der Waals surface area contributed by atoms with Crippen molar-refractivity contribution in [2.24, 2.45) is 7.05 Å². The van der Waals surface area contributed by atoms with Gasteiger partial charge in [-0.05, 0) is 49.8 Å². The molecule has 0 saturated heterocycles. The lowest BCUT2D eigenvalue weighted by Gasteiger charge is -2.17. The number of rotatable bonds is 7. The zero-order valence-corrected chi connectivity index (χ0v) is 16.6. The van der Waals surface area contributed by atoms with Crippen LogP contribution < -0.4 is 5.32 Å². The second kappa shape index (κ2) is 8.35. The number of likely N-dealkylation sites (N-methyl/N-ethyl adjacent to an activating group) is 1. The smallest absolute Gasteiger partial charge is 0.255 e. The molecular formula is C22H28N4O. The van der Waals surface area contributed by atoms with Gasteiger partial charge in [-0.25, -0.2) is 4.98 Å². The number of benzene rings is 2. The summed E-state index contributed by atoms with van der Waals surface area (Å²) in [7, 11) is 2.05. The fourth-order valence-corrected chi connectivity index (χ4v) is 3.38. The molecule has 3 aromatic rings. The highest BCUT2D eigenvalue weighted by Crippen LogP contribution is 2.21. The number of nitrogens with one attached hydrogen (secondary N) is 1. The molecule has 5 heteroatoms. The maximum absolute atomic E-state index is 12.5. The van der Waals surface area contributed by atoms with Gasteiger partial charge in [-0.3, -0.25) is 4.79 Å². The van der Waals surface area contributed by atoms with Crippen LogP contribution in [0, 0.1) is 6.92 Å². The van der Waals surface area contributed by atoms with Crippen LogP contribution in [0.15, 0.2) is 42.5 Å². The number of aryl methyl sites for hydroxylation is 2. The molecule has 1 amide bonds. The monoisotopic (exact) mass is 364 g/mol. The maximum Gasteiger partial charge on any atom is 0.255 e. The number of carbonyl (C=O) groups excluding carboxylic acids is 1. The predicted octanol–water partition coefficient (Wildman–Crippen LogP) is 4.02. The summed E-state index contributed by atoms with van der Waals surface area (Å²) >= 11 is 0. The van der Waals surface area contributed by atoms with Crippen LogP contribution in [-0.2, 0) is 13.5 Å². The number of hydrogen-bond donors (Lipinski definition) is 1. The quantitative estimate of drug-likeness (QED) is 0.689. The van der Waals surface area contributed by atoms with E-state index in [-0.39, 0.29) is 5.91 Å². The topological polar surface area (TPSA) is 50.2 Å². The Morgan fingerprint density at radius 2 is 1.89 bits per heavy atom. The first-order valence-corrected chi connectivity index (χ1v) is 9.58. The number of anilines is 1. The lowest BCUT2D eigenvalue weighted by Crippen LogP contribution is -2.26. The Hall–Kier alpha value is -2.66. The third kappa shape index (κ3) is 4.19. The van der Waals surface area contributed by atoms with Crippen molar-refractivity contribution in [3.63, 3.8) is 0 Å². The van der Waals surface area contributed by atoms with E-state index in [1.54, 1.807) is 0 Å². The van der Waals surface area contributed by atoms with Gasteiger partial charge in [-0.2, -0.15) is 0 Å². The van der Waals surface area contributed by atoms with Crippen LogP contribution in [0.5, 0.6) is 0 Å². The lowest BCUT2D eigenvalue weighted by atomic mass is 10.1. The molecule has 0 atom stereocenters. The van der Waals surface area contributed by atoms with Gasteiger partial charge in [0, 0.05) is 31.3 Å². The van der Waals surface area contributed by atoms with Gasteiger partial charge in [0.1, 0.15) is 5.82 Å². The molecule has 5 nitrogen and oxygen atoms in total. The van der Waals surface area contributed by atoms with Gasteiger partial charge in [0.05, 0.1) is 11.0 Å². The molecular weight excluding hydrogens is 336 g/mol. The van der Waals surface area contributed by atoms with E-state index in [1.165, 1.54) is 0 Å². The number of imidazole rings is 1. The minimum Gasteiger partial charge on any atom is -0.331 e. The summed E-state index contributed by atoms with van der Waals surface area (Å²) < 4.78 is 2.14. The van der Waals surface area contributed by atoms with Gasteiger partial charge >= 0.3 is 0 Å². The van der Waals surface area contributed by atoms with E-state index in [9.17, 15) is 4.79 Å². The van der Waals surface area contributed by atoms with E-state index in [1.807, 2.05) is 49.4 Å². The zero-order valence-electron chi connectivity index (χ0n) is 16.6. The molecule has 142 valence electrons. The van der Waals surface area contributed by atoms with E-state index in [4.69, 9.17) is 4.98 Å².